The maximum Gasteiger partial charge on any atom is 0.211 e. The van der Waals surface area contributed by atoms with Crippen LogP contribution in [0.4, 0.5) is 17.3 Å². The van der Waals surface area contributed by atoms with Gasteiger partial charge in [-0.1, -0.05) is 6.07 Å². The van der Waals surface area contributed by atoms with Gasteiger partial charge in [0.15, 0.2) is 6.19 Å². The highest BCUT2D eigenvalue weighted by Gasteiger charge is 2.29. The minimum Gasteiger partial charge on any atom is -0.397 e. The molecule has 3 aromatic rings. The molecular weight excluding hydrogens is 330 g/mol. The summed E-state index contributed by atoms with van der Waals surface area (Å²) in [6.45, 7) is 0. The van der Waals surface area contributed by atoms with Crippen LogP contribution in [0, 0.1) is 22.8 Å². The summed E-state index contributed by atoms with van der Waals surface area (Å²) in [7, 11) is 0. The van der Waals surface area contributed by atoms with Gasteiger partial charge >= 0.3 is 0 Å². The van der Waals surface area contributed by atoms with E-state index in [2.05, 4.69) is 25.6 Å². The lowest BCUT2D eigenvalue weighted by molar-refractivity contribution is 0.848. The van der Waals surface area contributed by atoms with Crippen molar-refractivity contribution in [3.63, 3.8) is 0 Å². The Balaban J connectivity index is 1.95. The quantitative estimate of drug-likeness (QED) is 0.330. The highest BCUT2D eigenvalue weighted by Crippen LogP contribution is 2.40. The van der Waals surface area contributed by atoms with Crippen molar-refractivity contribution >= 4 is 34.2 Å². The van der Waals surface area contributed by atoms with Crippen molar-refractivity contribution < 1.29 is 0 Å². The number of nitrogen functional groups attached to an aromatic ring is 2. The van der Waals surface area contributed by atoms with Crippen LogP contribution >= 0.6 is 0 Å². The molecular formula is C17H13N9. The lowest BCUT2D eigenvalue weighted by atomic mass is 9.94. The van der Waals surface area contributed by atoms with Crippen molar-refractivity contribution in [2.45, 2.75) is 6.04 Å². The average molecular weight is 343 g/mol. The predicted octanol–water partition coefficient (Wildman–Crippen LogP) is 1.54. The third kappa shape index (κ3) is 2.24. The molecule has 1 atom stereocenters. The van der Waals surface area contributed by atoms with Gasteiger partial charge in [-0.15, -0.1) is 0 Å². The van der Waals surface area contributed by atoms with E-state index in [0.29, 0.717) is 11.4 Å². The largest absolute Gasteiger partial charge is 0.397 e. The number of nitrogens with zero attached hydrogens (tertiary/aromatic N) is 4. The van der Waals surface area contributed by atoms with E-state index in [1.165, 1.54) is 0 Å². The third-order valence-electron chi connectivity index (χ3n) is 4.25. The highest BCUT2D eigenvalue weighted by molar-refractivity contribution is 5.98. The first-order valence-corrected chi connectivity index (χ1v) is 7.68. The Labute approximate surface area is 148 Å². The molecule has 0 amide bonds. The van der Waals surface area contributed by atoms with E-state index >= 15 is 0 Å². The van der Waals surface area contributed by atoms with E-state index in [1.54, 1.807) is 0 Å². The molecule has 0 saturated carbocycles. The fourth-order valence-corrected chi connectivity index (χ4v) is 3.06. The van der Waals surface area contributed by atoms with Crippen molar-refractivity contribution in [2.24, 2.45) is 4.99 Å². The zero-order valence-corrected chi connectivity index (χ0v) is 13.4. The first kappa shape index (κ1) is 15.3. The van der Waals surface area contributed by atoms with Crippen molar-refractivity contribution in [2.75, 3.05) is 16.8 Å². The number of benzene rings is 1. The van der Waals surface area contributed by atoms with E-state index in [-0.39, 0.29) is 23.0 Å². The molecule has 0 aliphatic carbocycles. The molecule has 126 valence electrons. The van der Waals surface area contributed by atoms with Crippen molar-refractivity contribution in [1.29, 1.82) is 10.5 Å². The summed E-state index contributed by atoms with van der Waals surface area (Å²) >= 11 is 0. The first-order chi connectivity index (χ1) is 12.6. The number of guanidine groups is 1. The van der Waals surface area contributed by atoms with E-state index in [0.717, 1.165) is 16.5 Å². The van der Waals surface area contributed by atoms with Gasteiger partial charge in [0.25, 0.3) is 0 Å². The van der Waals surface area contributed by atoms with Crippen LogP contribution in [0.5, 0.6) is 0 Å². The maximum atomic E-state index is 9.34. The van der Waals surface area contributed by atoms with Crippen LogP contribution < -0.4 is 22.1 Å². The highest BCUT2D eigenvalue weighted by atomic mass is 15.2. The lowest BCUT2D eigenvalue weighted by Gasteiger charge is -2.26. The summed E-state index contributed by atoms with van der Waals surface area (Å²) < 4.78 is 0. The number of nitriles is 2. The van der Waals surface area contributed by atoms with Gasteiger partial charge in [-0.2, -0.15) is 10.5 Å². The Bertz CT molecular complexity index is 1140. The van der Waals surface area contributed by atoms with Crippen LogP contribution in [0.15, 0.2) is 35.5 Å². The molecule has 0 radical (unpaired) electrons. The fraction of sp³-hybridized carbons (Fsp3) is 0.0588. The molecule has 7 N–H and O–H groups in total. The summed E-state index contributed by atoms with van der Waals surface area (Å²) in [6, 6.07) is 9.21. The van der Waals surface area contributed by atoms with Gasteiger partial charge < -0.3 is 21.8 Å². The van der Waals surface area contributed by atoms with Crippen molar-refractivity contribution in [1.82, 2.24) is 15.3 Å². The molecule has 0 bridgehead atoms. The zero-order chi connectivity index (χ0) is 18.3. The number of aliphatic imine (C=N–C) groups is 1. The minimum absolute atomic E-state index is 0.0225. The second-order valence-corrected chi connectivity index (χ2v) is 5.73. The molecule has 2 aromatic heterocycles. The number of hydrogen-bond donors (Lipinski definition) is 5. The third-order valence-corrected chi connectivity index (χ3v) is 4.25. The van der Waals surface area contributed by atoms with Crippen LogP contribution in [-0.2, 0) is 0 Å². The zero-order valence-electron chi connectivity index (χ0n) is 13.4. The van der Waals surface area contributed by atoms with Crippen LogP contribution in [0.2, 0.25) is 0 Å². The molecule has 3 heterocycles. The topological polar surface area (TPSA) is 165 Å². The fourth-order valence-electron chi connectivity index (χ4n) is 3.06. The molecule has 9 heteroatoms. The van der Waals surface area contributed by atoms with E-state index < -0.39 is 6.04 Å². The van der Waals surface area contributed by atoms with Gasteiger partial charge in [-0.05, 0) is 29.1 Å². The predicted molar refractivity (Wildman–Crippen MR) is 97.7 cm³/mol. The molecule has 26 heavy (non-hydrogen) atoms. The van der Waals surface area contributed by atoms with Crippen LogP contribution in [-0.4, -0.2) is 15.9 Å². The number of aromatic nitrogens is 2. The van der Waals surface area contributed by atoms with Gasteiger partial charge in [-0.3, -0.25) is 5.32 Å². The van der Waals surface area contributed by atoms with Crippen LogP contribution in [0.3, 0.4) is 0 Å². The number of pyridine rings is 1. The molecule has 0 fully saturated rings. The number of hydrogen-bond acceptors (Lipinski definition) is 8. The molecule has 1 aromatic carbocycles. The molecule has 0 spiro atoms. The summed E-state index contributed by atoms with van der Waals surface area (Å²) in [6.07, 6.45) is 3.67. The van der Waals surface area contributed by atoms with E-state index in [1.807, 2.05) is 42.7 Å². The summed E-state index contributed by atoms with van der Waals surface area (Å²) in [5.41, 5.74) is 14.8. The molecule has 9 nitrogen and oxygen atoms in total. The summed E-state index contributed by atoms with van der Waals surface area (Å²) in [5.74, 6) is 0.621. The Morgan fingerprint density at radius 1 is 1.19 bits per heavy atom. The Morgan fingerprint density at radius 2 is 2.04 bits per heavy atom. The van der Waals surface area contributed by atoms with Gasteiger partial charge in [0.05, 0.1) is 5.69 Å². The molecule has 4 rings (SSSR count). The molecule has 1 aliphatic heterocycles. The standard InChI is InChI=1S/C17H13N9/c18-6-10-13(20)12-14(9-1-2-11-8(5-9)3-4-22-11)24-17(23-7-19)26-16(12)25-15(10)21/h1-5,14,22H,(H6,20,21,23,24,25,26). The molecule has 0 saturated heterocycles. The van der Waals surface area contributed by atoms with Crippen molar-refractivity contribution in [3.05, 3.63) is 47.2 Å². The number of rotatable bonds is 1. The lowest BCUT2D eigenvalue weighted by Crippen LogP contribution is -2.32. The number of aromatic amines is 1. The summed E-state index contributed by atoms with van der Waals surface area (Å²) in [4.78, 5) is 11.9. The van der Waals surface area contributed by atoms with E-state index in [4.69, 9.17) is 16.7 Å². The molecule has 1 unspecified atom stereocenters. The van der Waals surface area contributed by atoms with Gasteiger partial charge in [0.2, 0.25) is 5.96 Å². The second kappa shape index (κ2) is 5.69. The average Bonchev–Trinajstić information content (AvgIpc) is 3.09. The van der Waals surface area contributed by atoms with Crippen molar-refractivity contribution in [3.8, 4) is 12.3 Å². The van der Waals surface area contributed by atoms with Crippen LogP contribution in [0.1, 0.15) is 22.7 Å². The second-order valence-electron chi connectivity index (χ2n) is 5.73. The van der Waals surface area contributed by atoms with Gasteiger partial charge in [0, 0.05) is 17.3 Å². The number of nitrogens with two attached hydrogens (primary N) is 2. The van der Waals surface area contributed by atoms with Gasteiger partial charge in [0.1, 0.15) is 29.3 Å². The Kier molecular flexibility index (Phi) is 3.34. The smallest absolute Gasteiger partial charge is 0.211 e. The molecule has 1 aliphatic rings. The summed E-state index contributed by atoms with van der Waals surface area (Å²) in [5, 5.41) is 24.6. The first-order valence-electron chi connectivity index (χ1n) is 7.68. The van der Waals surface area contributed by atoms with Crippen LogP contribution in [0.25, 0.3) is 10.9 Å². The Hall–Kier alpha value is -4.24. The Morgan fingerprint density at radius 3 is 2.81 bits per heavy atom. The normalized spacial score (nSPS) is 15.3. The number of fused-ring (bicyclic) bond motifs is 2. The number of anilines is 3. The van der Waals surface area contributed by atoms with Gasteiger partial charge in [-0.25, -0.2) is 9.98 Å². The SMILES string of the molecule is N#CNC1=NC(c2ccc3[nH]ccc3c2)c2c(nc(N)c(C#N)c2N)N1. The minimum atomic E-state index is -0.540. The van der Waals surface area contributed by atoms with E-state index in [9.17, 15) is 5.26 Å². The maximum absolute atomic E-state index is 9.34. The monoisotopic (exact) mass is 343 g/mol. The number of H-pyrrole nitrogens is 1. The number of nitrogens with one attached hydrogen (secondary N) is 3.